The first kappa shape index (κ1) is 20.1. The van der Waals surface area contributed by atoms with Crippen LogP contribution in [0.5, 0.6) is 0 Å². The minimum Gasteiger partial charge on any atom is -0.384 e. The highest BCUT2D eigenvalue weighted by atomic mass is 16.7. The van der Waals surface area contributed by atoms with Gasteiger partial charge in [-0.3, -0.25) is 0 Å². The maximum Gasteiger partial charge on any atom is 0.172 e. The lowest BCUT2D eigenvalue weighted by Crippen LogP contribution is -2.58. The summed E-state index contributed by atoms with van der Waals surface area (Å²) in [6.45, 7) is 10.5. The Balaban J connectivity index is 1.44. The van der Waals surface area contributed by atoms with Crippen molar-refractivity contribution in [1.29, 1.82) is 0 Å². The van der Waals surface area contributed by atoms with Gasteiger partial charge < -0.3 is 19.7 Å². The average Bonchev–Trinajstić information content (AvgIpc) is 3.24. The van der Waals surface area contributed by atoms with Gasteiger partial charge in [0, 0.05) is 18.3 Å². The molecule has 0 aromatic rings. The molecular formula is C25H36O4. The first-order chi connectivity index (χ1) is 13.8. The summed E-state index contributed by atoms with van der Waals surface area (Å²) in [7, 11) is 0. The van der Waals surface area contributed by atoms with Crippen LogP contribution in [0.15, 0.2) is 12.2 Å². The molecule has 1 spiro atoms. The molecule has 0 bridgehead atoms. The molecule has 5 fully saturated rings. The van der Waals surface area contributed by atoms with Gasteiger partial charge in [-0.1, -0.05) is 37.8 Å². The van der Waals surface area contributed by atoms with Crippen molar-refractivity contribution < 1.29 is 19.7 Å². The van der Waals surface area contributed by atoms with Crippen LogP contribution in [0.3, 0.4) is 0 Å². The molecule has 1 saturated heterocycles. The van der Waals surface area contributed by atoms with E-state index in [9.17, 15) is 10.2 Å². The second-order valence-corrected chi connectivity index (χ2v) is 10.8. The molecule has 5 rings (SSSR count). The van der Waals surface area contributed by atoms with E-state index in [1.54, 1.807) is 0 Å². The summed E-state index contributed by atoms with van der Waals surface area (Å²) >= 11 is 0. The van der Waals surface area contributed by atoms with Gasteiger partial charge in [-0.2, -0.15) is 0 Å². The summed E-state index contributed by atoms with van der Waals surface area (Å²) in [5.41, 5.74) is 0.334. The van der Waals surface area contributed by atoms with Gasteiger partial charge in [0.2, 0.25) is 0 Å². The molecule has 29 heavy (non-hydrogen) atoms. The van der Waals surface area contributed by atoms with Crippen molar-refractivity contribution in [2.75, 3.05) is 19.8 Å². The van der Waals surface area contributed by atoms with Crippen LogP contribution in [0.25, 0.3) is 0 Å². The highest BCUT2D eigenvalue weighted by Crippen LogP contribution is 2.69. The Labute approximate surface area is 175 Å². The number of aliphatic hydroxyl groups is 2. The van der Waals surface area contributed by atoms with Gasteiger partial charge >= 0.3 is 0 Å². The zero-order valence-corrected chi connectivity index (χ0v) is 18.0. The predicted octanol–water partition coefficient (Wildman–Crippen LogP) is 3.67. The molecule has 0 aromatic heterocycles. The molecule has 4 aliphatic carbocycles. The van der Waals surface area contributed by atoms with Crippen LogP contribution in [0, 0.1) is 46.3 Å². The van der Waals surface area contributed by atoms with Gasteiger partial charge in [-0.05, 0) is 67.6 Å². The second-order valence-electron chi connectivity index (χ2n) is 10.8. The van der Waals surface area contributed by atoms with E-state index in [0.29, 0.717) is 36.9 Å². The Hall–Kier alpha value is -0.860. The van der Waals surface area contributed by atoms with Gasteiger partial charge in [-0.25, -0.2) is 0 Å². The Morgan fingerprint density at radius 1 is 1.07 bits per heavy atom. The second kappa shape index (κ2) is 6.57. The first-order valence-corrected chi connectivity index (χ1v) is 11.6. The Kier molecular flexibility index (Phi) is 4.54. The quantitative estimate of drug-likeness (QED) is 0.481. The molecular weight excluding hydrogens is 364 g/mol. The van der Waals surface area contributed by atoms with E-state index in [4.69, 9.17) is 9.47 Å². The van der Waals surface area contributed by atoms with Gasteiger partial charge in [0.05, 0.1) is 13.2 Å². The van der Waals surface area contributed by atoms with Crippen LogP contribution in [-0.2, 0) is 9.47 Å². The fourth-order valence-corrected chi connectivity index (χ4v) is 8.38. The third kappa shape index (κ3) is 2.61. The first-order valence-electron chi connectivity index (χ1n) is 11.6. The minimum absolute atomic E-state index is 0.141. The molecule has 4 saturated carbocycles. The van der Waals surface area contributed by atoms with Crippen LogP contribution in [0.2, 0.25) is 0 Å². The molecule has 0 radical (unpaired) electrons. The molecule has 0 unspecified atom stereocenters. The standard InChI is InChI=1S/C25H36O4/c1-17-15-25(28-13-14-29-25)16-18-5-6-19-20-8-11-24(27,9-4-12-26)22(20,2)10-7-21(19)23(17,18)3/h18-21,26-27H,1,5-8,10-16H2,2-3H3/t18-,19-,20-,21-,22-,23-,24-/m0/s1. The van der Waals surface area contributed by atoms with Crippen molar-refractivity contribution in [1.82, 2.24) is 0 Å². The van der Waals surface area contributed by atoms with E-state index in [1.165, 1.54) is 18.4 Å². The SMILES string of the molecule is C=C1CC2(C[C@@H]3CC[C@@H]4[C@H](CC[C@@]5(C)[C@H]4CC[C@@]5(O)C#CCO)[C@@]13C)OCCO2. The maximum atomic E-state index is 11.4. The number of hydrogen-bond donors (Lipinski definition) is 2. The van der Waals surface area contributed by atoms with Crippen molar-refractivity contribution in [2.24, 2.45) is 34.5 Å². The van der Waals surface area contributed by atoms with Crippen LogP contribution >= 0.6 is 0 Å². The van der Waals surface area contributed by atoms with Gasteiger partial charge in [-0.15, -0.1) is 0 Å². The third-order valence-electron chi connectivity index (χ3n) is 10.0. The normalized spacial score (nSPS) is 50.4. The lowest BCUT2D eigenvalue weighted by atomic mass is 9.43. The number of hydrogen-bond acceptors (Lipinski definition) is 4. The molecule has 2 N–H and O–H groups in total. The Bertz CT molecular complexity index is 759. The number of aliphatic hydroxyl groups excluding tert-OH is 1. The molecule has 4 heteroatoms. The van der Waals surface area contributed by atoms with E-state index < -0.39 is 11.4 Å². The maximum absolute atomic E-state index is 11.4. The zero-order valence-electron chi connectivity index (χ0n) is 18.0. The summed E-state index contributed by atoms with van der Waals surface area (Å²) < 4.78 is 12.2. The third-order valence-corrected chi connectivity index (χ3v) is 10.0. The minimum atomic E-state index is -0.956. The van der Waals surface area contributed by atoms with Crippen LogP contribution < -0.4 is 0 Å². The van der Waals surface area contributed by atoms with Crippen molar-refractivity contribution in [3.8, 4) is 11.8 Å². The van der Waals surface area contributed by atoms with Crippen molar-refractivity contribution in [2.45, 2.75) is 76.6 Å². The molecule has 1 heterocycles. The topological polar surface area (TPSA) is 58.9 Å². The van der Waals surface area contributed by atoms with Crippen molar-refractivity contribution in [3.63, 3.8) is 0 Å². The van der Waals surface area contributed by atoms with Crippen molar-refractivity contribution in [3.05, 3.63) is 12.2 Å². The fourth-order valence-electron chi connectivity index (χ4n) is 8.38. The van der Waals surface area contributed by atoms with Crippen LogP contribution in [0.4, 0.5) is 0 Å². The van der Waals surface area contributed by atoms with Crippen LogP contribution in [0.1, 0.15) is 65.2 Å². The van der Waals surface area contributed by atoms with E-state index in [2.05, 4.69) is 32.3 Å². The lowest BCUT2D eigenvalue weighted by molar-refractivity contribution is -0.210. The summed E-state index contributed by atoms with van der Waals surface area (Å²) in [6.07, 6.45) is 8.14. The van der Waals surface area contributed by atoms with E-state index in [-0.39, 0.29) is 17.4 Å². The Morgan fingerprint density at radius 2 is 1.79 bits per heavy atom. The summed E-state index contributed by atoms with van der Waals surface area (Å²) in [5, 5.41) is 20.6. The summed E-state index contributed by atoms with van der Waals surface area (Å²) in [6, 6.07) is 0. The zero-order chi connectivity index (χ0) is 20.5. The van der Waals surface area contributed by atoms with E-state index in [1.807, 2.05) is 0 Å². The highest BCUT2D eigenvalue weighted by molar-refractivity contribution is 5.29. The fraction of sp³-hybridized carbons (Fsp3) is 0.840. The summed E-state index contributed by atoms with van der Waals surface area (Å²) in [4.78, 5) is 0. The summed E-state index contributed by atoms with van der Waals surface area (Å²) in [5.74, 6) is 7.72. The smallest absolute Gasteiger partial charge is 0.172 e. The number of fused-ring (bicyclic) bond motifs is 5. The molecule has 0 aromatic carbocycles. The monoisotopic (exact) mass is 400 g/mol. The van der Waals surface area contributed by atoms with Gasteiger partial charge in [0.1, 0.15) is 12.2 Å². The molecule has 7 atom stereocenters. The van der Waals surface area contributed by atoms with E-state index in [0.717, 1.165) is 38.5 Å². The predicted molar refractivity (Wildman–Crippen MR) is 111 cm³/mol. The highest BCUT2D eigenvalue weighted by Gasteiger charge is 2.66. The molecule has 160 valence electrons. The van der Waals surface area contributed by atoms with E-state index >= 15 is 0 Å². The molecule has 4 nitrogen and oxygen atoms in total. The molecule has 0 amide bonds. The molecule has 1 aliphatic heterocycles. The largest absolute Gasteiger partial charge is 0.384 e. The Morgan fingerprint density at radius 3 is 2.52 bits per heavy atom. The van der Waals surface area contributed by atoms with Gasteiger partial charge in [0.15, 0.2) is 5.79 Å². The molecule has 5 aliphatic rings. The van der Waals surface area contributed by atoms with Crippen molar-refractivity contribution >= 4 is 0 Å². The number of ether oxygens (including phenoxy) is 2. The van der Waals surface area contributed by atoms with Crippen LogP contribution in [-0.4, -0.2) is 41.4 Å². The van der Waals surface area contributed by atoms with Gasteiger partial charge in [0.25, 0.3) is 0 Å². The lowest BCUT2D eigenvalue weighted by Gasteiger charge is -2.62. The average molecular weight is 401 g/mol. The number of rotatable bonds is 0.